The zero-order chi connectivity index (χ0) is 14.8. The molecule has 112 valence electrons. The molecule has 1 atom stereocenters. The number of piperidine rings is 1. The Hall–Kier alpha value is -1.06. The molecule has 1 aliphatic rings. The second-order valence-electron chi connectivity index (χ2n) is 6.88. The molecule has 0 spiro atoms. The van der Waals surface area contributed by atoms with Crippen molar-refractivity contribution >= 4 is 0 Å². The molecule has 0 saturated carbocycles. The third-order valence-electron chi connectivity index (χ3n) is 3.98. The smallest absolute Gasteiger partial charge is 0.215 e. The highest BCUT2D eigenvalue weighted by molar-refractivity contribution is 5.20. The van der Waals surface area contributed by atoms with Gasteiger partial charge in [0.05, 0.1) is 0 Å². The Kier molecular flexibility index (Phi) is 4.40. The lowest BCUT2D eigenvalue weighted by Gasteiger charge is -2.51. The summed E-state index contributed by atoms with van der Waals surface area (Å²) < 4.78 is 5.84. The first-order valence-corrected chi connectivity index (χ1v) is 7.50. The molecule has 2 rings (SSSR count). The van der Waals surface area contributed by atoms with Gasteiger partial charge in [-0.15, -0.1) is 0 Å². The number of ether oxygens (including phenoxy) is 1. The zero-order valence-electron chi connectivity index (χ0n) is 13.3. The van der Waals surface area contributed by atoms with Crippen molar-refractivity contribution in [1.82, 2.24) is 5.06 Å². The minimum Gasteiger partial charge on any atom is -0.464 e. The third-order valence-corrected chi connectivity index (χ3v) is 3.98. The molecule has 0 N–H and O–H groups in total. The average Bonchev–Trinajstić information content (AvgIpc) is 2.35. The molecule has 0 aromatic heterocycles. The van der Waals surface area contributed by atoms with Crippen LogP contribution in [0.15, 0.2) is 30.3 Å². The van der Waals surface area contributed by atoms with Crippen molar-refractivity contribution in [3.05, 3.63) is 30.3 Å². The number of rotatable bonds is 4. The lowest BCUT2D eigenvalue weighted by molar-refractivity contribution is -0.333. The molecule has 1 unspecified atom stereocenters. The maximum absolute atomic E-state index is 6.14. The summed E-state index contributed by atoms with van der Waals surface area (Å²) in [6.45, 7) is 10.9. The molecule has 1 aromatic carbocycles. The van der Waals surface area contributed by atoms with E-state index >= 15 is 0 Å². The van der Waals surface area contributed by atoms with Crippen molar-refractivity contribution in [1.29, 1.82) is 0 Å². The van der Waals surface area contributed by atoms with Crippen molar-refractivity contribution in [2.24, 2.45) is 0 Å². The standard InChI is InChI=1S/C17H27NO2/c1-14(19-15-10-7-6-8-11-15)20-18-16(2,3)12-9-13-17(18,4)5/h6-8,10-11,14H,9,12-13H2,1-5H3. The second-order valence-corrected chi connectivity index (χ2v) is 6.88. The van der Waals surface area contributed by atoms with Crippen LogP contribution in [0.25, 0.3) is 0 Å². The largest absolute Gasteiger partial charge is 0.464 e. The summed E-state index contributed by atoms with van der Waals surface area (Å²) in [6, 6.07) is 9.82. The van der Waals surface area contributed by atoms with Crippen LogP contribution in [0, 0.1) is 0 Å². The Morgan fingerprint density at radius 3 is 2.10 bits per heavy atom. The third kappa shape index (κ3) is 3.53. The Morgan fingerprint density at radius 2 is 1.55 bits per heavy atom. The van der Waals surface area contributed by atoms with Crippen LogP contribution in [0.5, 0.6) is 5.75 Å². The molecule has 1 fully saturated rings. The Morgan fingerprint density at radius 1 is 1.00 bits per heavy atom. The molecule has 0 radical (unpaired) electrons. The van der Waals surface area contributed by atoms with Gasteiger partial charge in [-0.3, -0.25) is 4.84 Å². The first-order valence-electron chi connectivity index (χ1n) is 7.50. The number of hydrogen-bond donors (Lipinski definition) is 0. The van der Waals surface area contributed by atoms with E-state index in [1.165, 1.54) is 6.42 Å². The summed E-state index contributed by atoms with van der Waals surface area (Å²) in [6.07, 6.45) is 3.24. The molecule has 1 aromatic rings. The quantitative estimate of drug-likeness (QED) is 0.762. The van der Waals surface area contributed by atoms with Gasteiger partial charge in [0.25, 0.3) is 0 Å². The van der Waals surface area contributed by atoms with E-state index in [0.29, 0.717) is 0 Å². The lowest BCUT2D eigenvalue weighted by Crippen LogP contribution is -2.59. The van der Waals surface area contributed by atoms with Gasteiger partial charge < -0.3 is 4.74 Å². The normalized spacial score (nSPS) is 23.2. The lowest BCUT2D eigenvalue weighted by atomic mass is 9.82. The van der Waals surface area contributed by atoms with E-state index in [1.807, 2.05) is 37.3 Å². The highest BCUT2D eigenvalue weighted by Crippen LogP contribution is 2.38. The Balaban J connectivity index is 2.03. The van der Waals surface area contributed by atoms with Gasteiger partial charge in [0, 0.05) is 11.1 Å². The number of para-hydroxylation sites is 1. The monoisotopic (exact) mass is 277 g/mol. The molecular weight excluding hydrogens is 250 g/mol. The summed E-state index contributed by atoms with van der Waals surface area (Å²) in [7, 11) is 0. The van der Waals surface area contributed by atoms with Crippen LogP contribution < -0.4 is 4.74 Å². The number of nitrogens with zero attached hydrogens (tertiary/aromatic N) is 1. The van der Waals surface area contributed by atoms with E-state index in [0.717, 1.165) is 18.6 Å². The minimum absolute atomic E-state index is 0.0378. The van der Waals surface area contributed by atoms with Crippen molar-refractivity contribution in [2.75, 3.05) is 0 Å². The average molecular weight is 277 g/mol. The molecule has 0 amide bonds. The van der Waals surface area contributed by atoms with Gasteiger partial charge in [0.15, 0.2) is 0 Å². The molecular formula is C17H27NO2. The summed E-state index contributed by atoms with van der Waals surface area (Å²) in [5, 5.41) is 2.14. The van der Waals surface area contributed by atoms with E-state index < -0.39 is 0 Å². The van der Waals surface area contributed by atoms with E-state index in [1.54, 1.807) is 0 Å². The highest BCUT2D eigenvalue weighted by atomic mass is 16.8. The van der Waals surface area contributed by atoms with Crippen LogP contribution in [0.4, 0.5) is 0 Å². The highest BCUT2D eigenvalue weighted by Gasteiger charge is 2.43. The summed E-state index contributed by atoms with van der Waals surface area (Å²) in [5.74, 6) is 0.840. The Labute approximate surface area is 122 Å². The number of hydrogen-bond acceptors (Lipinski definition) is 3. The molecule has 1 heterocycles. The van der Waals surface area contributed by atoms with Crippen LogP contribution >= 0.6 is 0 Å². The fourth-order valence-corrected chi connectivity index (χ4v) is 3.12. The van der Waals surface area contributed by atoms with Crippen LogP contribution in [0.3, 0.4) is 0 Å². The fraction of sp³-hybridized carbons (Fsp3) is 0.647. The predicted molar refractivity (Wildman–Crippen MR) is 81.5 cm³/mol. The second kappa shape index (κ2) is 5.74. The maximum atomic E-state index is 6.14. The van der Waals surface area contributed by atoms with Gasteiger partial charge >= 0.3 is 0 Å². The van der Waals surface area contributed by atoms with Gasteiger partial charge in [-0.25, -0.2) is 0 Å². The summed E-state index contributed by atoms with van der Waals surface area (Å²) in [4.78, 5) is 6.14. The summed E-state index contributed by atoms with van der Waals surface area (Å²) >= 11 is 0. The predicted octanol–water partition coefficient (Wildman–Crippen LogP) is 4.39. The van der Waals surface area contributed by atoms with Crippen LogP contribution in [-0.2, 0) is 4.84 Å². The van der Waals surface area contributed by atoms with Crippen LogP contribution in [-0.4, -0.2) is 22.4 Å². The molecule has 20 heavy (non-hydrogen) atoms. The molecule has 3 nitrogen and oxygen atoms in total. The van der Waals surface area contributed by atoms with E-state index in [2.05, 4.69) is 32.8 Å². The van der Waals surface area contributed by atoms with E-state index in [9.17, 15) is 0 Å². The first-order chi connectivity index (χ1) is 9.31. The number of hydroxylamine groups is 2. The Bertz CT molecular complexity index is 412. The van der Waals surface area contributed by atoms with Gasteiger partial charge in [0.2, 0.25) is 6.29 Å². The van der Waals surface area contributed by atoms with Crippen molar-refractivity contribution in [3.8, 4) is 5.75 Å². The molecule has 3 heteroatoms. The fourth-order valence-electron chi connectivity index (χ4n) is 3.12. The van der Waals surface area contributed by atoms with Crippen LogP contribution in [0.1, 0.15) is 53.9 Å². The van der Waals surface area contributed by atoms with Crippen LogP contribution in [0.2, 0.25) is 0 Å². The topological polar surface area (TPSA) is 21.7 Å². The minimum atomic E-state index is -0.297. The number of benzene rings is 1. The molecule has 1 aliphatic heterocycles. The van der Waals surface area contributed by atoms with Gasteiger partial charge in [-0.2, -0.15) is 5.06 Å². The van der Waals surface area contributed by atoms with Crippen molar-refractivity contribution in [2.45, 2.75) is 71.2 Å². The molecule has 0 bridgehead atoms. The van der Waals surface area contributed by atoms with Gasteiger partial charge in [-0.05, 0) is 66.0 Å². The summed E-state index contributed by atoms with van der Waals surface area (Å²) in [5.41, 5.74) is 0.0755. The zero-order valence-corrected chi connectivity index (χ0v) is 13.3. The van der Waals surface area contributed by atoms with Crippen molar-refractivity contribution in [3.63, 3.8) is 0 Å². The first kappa shape index (κ1) is 15.3. The van der Waals surface area contributed by atoms with Crippen molar-refractivity contribution < 1.29 is 9.57 Å². The molecule has 1 saturated heterocycles. The van der Waals surface area contributed by atoms with Gasteiger partial charge in [-0.1, -0.05) is 18.2 Å². The molecule has 0 aliphatic carbocycles. The van der Waals surface area contributed by atoms with Gasteiger partial charge in [0.1, 0.15) is 5.75 Å². The van der Waals surface area contributed by atoms with E-state index in [4.69, 9.17) is 9.57 Å². The maximum Gasteiger partial charge on any atom is 0.215 e. The SMILES string of the molecule is CC(Oc1ccccc1)ON1C(C)(C)CCCC1(C)C. The van der Waals surface area contributed by atoms with E-state index in [-0.39, 0.29) is 17.4 Å².